The van der Waals surface area contributed by atoms with E-state index >= 15 is 0 Å². The molecule has 29 heavy (non-hydrogen) atoms. The second-order valence-corrected chi connectivity index (χ2v) is 6.44. The van der Waals surface area contributed by atoms with E-state index in [9.17, 15) is 14.4 Å². The van der Waals surface area contributed by atoms with Crippen LogP contribution in [0.25, 0.3) is 5.57 Å². The Kier molecular flexibility index (Phi) is 8.83. The molecule has 6 nitrogen and oxygen atoms in total. The molecule has 0 aliphatic carbocycles. The molecule has 1 N–H and O–H groups in total. The maximum atomic E-state index is 12.4. The fourth-order valence-electron chi connectivity index (χ4n) is 2.74. The summed E-state index contributed by atoms with van der Waals surface area (Å²) in [5, 5.41) is 2.92. The van der Waals surface area contributed by atoms with Crippen LogP contribution in [0.2, 0.25) is 0 Å². The standard InChI is InChI=1S/C23H25NO5/c1-3-28-23(27)21(14-20(15-25)19-12-8-5-9-13-19)24-17(2)22(26)29-16-18-10-6-4-7-11-18/h4-13,17,21,24H,3,14,16H2,1-2H3. The lowest BCUT2D eigenvalue weighted by atomic mass is 9.99. The van der Waals surface area contributed by atoms with Crippen molar-refractivity contribution in [2.75, 3.05) is 6.61 Å². The Morgan fingerprint density at radius 2 is 1.59 bits per heavy atom. The van der Waals surface area contributed by atoms with Gasteiger partial charge in [0.05, 0.1) is 6.61 Å². The highest BCUT2D eigenvalue weighted by Gasteiger charge is 2.27. The van der Waals surface area contributed by atoms with Gasteiger partial charge in [-0.2, -0.15) is 0 Å². The van der Waals surface area contributed by atoms with Crippen molar-refractivity contribution < 1.29 is 23.9 Å². The van der Waals surface area contributed by atoms with Gasteiger partial charge >= 0.3 is 11.9 Å². The van der Waals surface area contributed by atoms with Crippen molar-refractivity contribution in [2.24, 2.45) is 0 Å². The zero-order valence-electron chi connectivity index (χ0n) is 16.6. The molecule has 2 aromatic rings. The van der Waals surface area contributed by atoms with Crippen molar-refractivity contribution in [3.63, 3.8) is 0 Å². The molecule has 0 heterocycles. The van der Waals surface area contributed by atoms with Crippen molar-refractivity contribution in [3.8, 4) is 0 Å². The minimum absolute atomic E-state index is 0.0443. The van der Waals surface area contributed by atoms with Crippen LogP contribution < -0.4 is 5.32 Å². The van der Waals surface area contributed by atoms with Crippen molar-refractivity contribution in [2.45, 2.75) is 39.0 Å². The van der Waals surface area contributed by atoms with Crippen LogP contribution in [0.15, 0.2) is 60.7 Å². The summed E-state index contributed by atoms with van der Waals surface area (Å²) in [6.45, 7) is 3.63. The van der Waals surface area contributed by atoms with Crippen LogP contribution in [0.1, 0.15) is 31.4 Å². The number of hydrogen-bond donors (Lipinski definition) is 1. The average Bonchev–Trinajstić information content (AvgIpc) is 2.76. The van der Waals surface area contributed by atoms with Gasteiger partial charge in [-0.15, -0.1) is 0 Å². The molecule has 0 aromatic heterocycles. The number of esters is 2. The number of benzene rings is 2. The van der Waals surface area contributed by atoms with Crippen LogP contribution in [-0.2, 0) is 30.5 Å². The molecule has 2 atom stereocenters. The highest BCUT2D eigenvalue weighted by Crippen LogP contribution is 2.18. The Balaban J connectivity index is 2.04. The molecule has 0 fully saturated rings. The minimum atomic E-state index is -0.883. The maximum absolute atomic E-state index is 12.4. The third-order valence-electron chi connectivity index (χ3n) is 4.25. The summed E-state index contributed by atoms with van der Waals surface area (Å²) in [5.74, 6) is 0.854. The molecule has 0 saturated heterocycles. The summed E-state index contributed by atoms with van der Waals surface area (Å²) >= 11 is 0. The summed E-state index contributed by atoms with van der Waals surface area (Å²) in [5.41, 5.74) is 1.85. The smallest absolute Gasteiger partial charge is 0.323 e. The lowest BCUT2D eigenvalue weighted by molar-refractivity contribution is -0.149. The van der Waals surface area contributed by atoms with Gasteiger partial charge in [0.15, 0.2) is 0 Å². The van der Waals surface area contributed by atoms with Gasteiger partial charge in [0.2, 0.25) is 0 Å². The van der Waals surface area contributed by atoms with Crippen molar-refractivity contribution in [1.82, 2.24) is 5.32 Å². The van der Waals surface area contributed by atoms with E-state index in [-0.39, 0.29) is 19.6 Å². The van der Waals surface area contributed by atoms with Crippen molar-refractivity contribution >= 4 is 23.5 Å². The van der Waals surface area contributed by atoms with Gasteiger partial charge < -0.3 is 9.47 Å². The molecule has 0 bridgehead atoms. The molecule has 2 unspecified atom stereocenters. The van der Waals surface area contributed by atoms with Gasteiger partial charge in [-0.3, -0.25) is 14.9 Å². The Morgan fingerprint density at radius 3 is 2.17 bits per heavy atom. The predicted octanol–water partition coefficient (Wildman–Crippen LogP) is 2.94. The minimum Gasteiger partial charge on any atom is -0.465 e. The molecular formula is C23H25NO5. The first-order chi connectivity index (χ1) is 14.0. The summed E-state index contributed by atoms with van der Waals surface area (Å²) in [4.78, 5) is 36.2. The fraction of sp³-hybridized carbons (Fsp3) is 0.304. The average molecular weight is 395 g/mol. The van der Waals surface area contributed by atoms with Gasteiger partial charge in [-0.05, 0) is 25.0 Å². The topological polar surface area (TPSA) is 81.7 Å². The van der Waals surface area contributed by atoms with Gasteiger partial charge in [0, 0.05) is 12.0 Å². The Bertz CT molecular complexity index is 844. The van der Waals surface area contributed by atoms with Gasteiger partial charge in [0.25, 0.3) is 0 Å². The maximum Gasteiger partial charge on any atom is 0.323 e. The lowest BCUT2D eigenvalue weighted by Crippen LogP contribution is -2.47. The molecule has 0 aliphatic heterocycles. The number of ether oxygens (including phenoxy) is 2. The highest BCUT2D eigenvalue weighted by molar-refractivity contribution is 5.90. The molecule has 2 aromatic carbocycles. The van der Waals surface area contributed by atoms with E-state index in [0.717, 1.165) is 5.56 Å². The molecule has 152 valence electrons. The molecule has 2 rings (SSSR count). The van der Waals surface area contributed by atoms with E-state index < -0.39 is 24.0 Å². The molecular weight excluding hydrogens is 370 g/mol. The van der Waals surface area contributed by atoms with Gasteiger partial charge in [-0.25, -0.2) is 4.79 Å². The van der Waals surface area contributed by atoms with E-state index in [2.05, 4.69) is 5.32 Å². The summed E-state index contributed by atoms with van der Waals surface area (Å²) < 4.78 is 10.4. The molecule has 0 saturated carbocycles. The monoisotopic (exact) mass is 395 g/mol. The molecule has 0 amide bonds. The lowest BCUT2D eigenvalue weighted by Gasteiger charge is -2.21. The normalized spacial score (nSPS) is 12.3. The Morgan fingerprint density at radius 1 is 0.966 bits per heavy atom. The van der Waals surface area contributed by atoms with Crippen LogP contribution in [-0.4, -0.2) is 36.6 Å². The van der Waals surface area contributed by atoms with Crippen LogP contribution in [0.5, 0.6) is 0 Å². The van der Waals surface area contributed by atoms with Gasteiger partial charge in [-0.1, -0.05) is 60.7 Å². The summed E-state index contributed by atoms with van der Waals surface area (Å²) in [7, 11) is 0. The van der Waals surface area contributed by atoms with Crippen LogP contribution in [0.4, 0.5) is 0 Å². The summed E-state index contributed by atoms with van der Waals surface area (Å²) in [6, 6.07) is 16.6. The first-order valence-electron chi connectivity index (χ1n) is 9.47. The second-order valence-electron chi connectivity index (χ2n) is 6.44. The molecule has 0 radical (unpaired) electrons. The third kappa shape index (κ3) is 7.03. The summed E-state index contributed by atoms with van der Waals surface area (Å²) in [6.07, 6.45) is 0.0443. The van der Waals surface area contributed by atoms with E-state index in [1.54, 1.807) is 38.1 Å². The number of carbonyl (C=O) groups excluding carboxylic acids is 3. The van der Waals surface area contributed by atoms with Crippen LogP contribution in [0.3, 0.4) is 0 Å². The van der Waals surface area contributed by atoms with E-state index in [1.807, 2.05) is 42.3 Å². The highest BCUT2D eigenvalue weighted by atomic mass is 16.5. The Labute approximate surface area is 170 Å². The van der Waals surface area contributed by atoms with E-state index in [4.69, 9.17) is 9.47 Å². The predicted molar refractivity (Wildman–Crippen MR) is 109 cm³/mol. The fourth-order valence-corrected chi connectivity index (χ4v) is 2.74. The van der Waals surface area contributed by atoms with Crippen molar-refractivity contribution in [3.05, 3.63) is 71.8 Å². The number of rotatable bonds is 10. The second kappa shape index (κ2) is 11.6. The zero-order valence-corrected chi connectivity index (χ0v) is 16.6. The first-order valence-corrected chi connectivity index (χ1v) is 9.47. The van der Waals surface area contributed by atoms with Crippen LogP contribution in [0, 0.1) is 0 Å². The quantitative estimate of drug-likeness (QED) is 0.492. The third-order valence-corrected chi connectivity index (χ3v) is 4.25. The van der Waals surface area contributed by atoms with Gasteiger partial charge in [0.1, 0.15) is 24.6 Å². The van der Waals surface area contributed by atoms with E-state index in [1.165, 1.54) is 0 Å². The Hall–Kier alpha value is -3.21. The molecule has 6 heteroatoms. The SMILES string of the molecule is CCOC(=O)C(CC(=C=O)c1ccccc1)NC(C)C(=O)OCc1ccccc1. The van der Waals surface area contributed by atoms with Crippen LogP contribution >= 0.6 is 0 Å². The largest absolute Gasteiger partial charge is 0.465 e. The van der Waals surface area contributed by atoms with E-state index in [0.29, 0.717) is 11.1 Å². The molecule has 0 aliphatic rings. The first kappa shape index (κ1) is 22.1. The number of nitrogens with one attached hydrogen (secondary N) is 1. The number of carbonyl (C=O) groups is 2. The van der Waals surface area contributed by atoms with Crippen molar-refractivity contribution in [1.29, 1.82) is 0 Å². The zero-order chi connectivity index (χ0) is 21.1. The molecule has 0 spiro atoms. The number of hydrogen-bond acceptors (Lipinski definition) is 6.